The Morgan fingerprint density at radius 1 is 1.15 bits per heavy atom. The summed E-state index contributed by atoms with van der Waals surface area (Å²) in [4.78, 5) is 9.99. The van der Waals surface area contributed by atoms with Gasteiger partial charge in [-0.05, 0) is 13.8 Å². The molecule has 0 aliphatic rings. The highest BCUT2D eigenvalue weighted by Gasteiger charge is 2.27. The Bertz CT molecular complexity index is 597. The van der Waals surface area contributed by atoms with E-state index in [9.17, 15) is 18.5 Å². The molecule has 0 spiro atoms. The molecular formula is C11H15NO7S. The van der Waals surface area contributed by atoms with Crippen LogP contribution < -0.4 is 9.47 Å². The van der Waals surface area contributed by atoms with Crippen LogP contribution in [-0.4, -0.2) is 33.7 Å². The summed E-state index contributed by atoms with van der Waals surface area (Å²) >= 11 is 0. The molecule has 0 saturated carbocycles. The maximum Gasteiger partial charge on any atom is 0.314 e. The molecule has 0 N–H and O–H groups in total. The first kappa shape index (κ1) is 16.2. The largest absolute Gasteiger partial charge is 0.492 e. The van der Waals surface area contributed by atoms with Gasteiger partial charge in [-0.3, -0.25) is 14.3 Å². The van der Waals surface area contributed by atoms with Crippen LogP contribution in [-0.2, 0) is 14.3 Å². The zero-order valence-electron chi connectivity index (χ0n) is 11.3. The minimum atomic E-state index is -4.06. The lowest BCUT2D eigenvalue weighted by molar-refractivity contribution is -0.386. The fourth-order valence-corrected chi connectivity index (χ4v) is 2.29. The van der Waals surface area contributed by atoms with Gasteiger partial charge in [0.05, 0.1) is 31.3 Å². The molecule has 1 rings (SSSR count). The Hall–Kier alpha value is -1.87. The third-order valence-electron chi connectivity index (χ3n) is 2.31. The minimum absolute atomic E-state index is 0.149. The zero-order chi connectivity index (χ0) is 15.3. The van der Waals surface area contributed by atoms with Crippen LogP contribution in [0.1, 0.15) is 13.8 Å². The maximum atomic E-state index is 11.8. The number of benzene rings is 1. The van der Waals surface area contributed by atoms with Crippen molar-refractivity contribution < 1.29 is 27.0 Å². The molecule has 0 heterocycles. The van der Waals surface area contributed by atoms with E-state index in [4.69, 9.17) is 9.47 Å². The lowest BCUT2D eigenvalue weighted by Crippen LogP contribution is -2.08. The van der Waals surface area contributed by atoms with Crippen molar-refractivity contribution in [3.05, 3.63) is 22.2 Å². The van der Waals surface area contributed by atoms with Crippen molar-refractivity contribution in [3.63, 3.8) is 0 Å². The van der Waals surface area contributed by atoms with Crippen LogP contribution in [0.2, 0.25) is 0 Å². The van der Waals surface area contributed by atoms with Crippen molar-refractivity contribution in [3.8, 4) is 11.5 Å². The molecule has 20 heavy (non-hydrogen) atoms. The first-order valence-corrected chi connectivity index (χ1v) is 7.16. The van der Waals surface area contributed by atoms with Crippen LogP contribution in [0.25, 0.3) is 0 Å². The first-order valence-electron chi connectivity index (χ1n) is 5.76. The van der Waals surface area contributed by atoms with Crippen molar-refractivity contribution in [2.45, 2.75) is 18.7 Å². The molecule has 1 aromatic carbocycles. The predicted octanol–water partition coefficient (Wildman–Crippen LogP) is 1.73. The standard InChI is InChI=1S/C11H15NO7S/c1-4-18-9-7-11(20(15,16)17-3)10(19-5-2)6-8(9)12(13)14/h6-7H,4-5H2,1-3H3. The van der Waals surface area contributed by atoms with Crippen LogP contribution in [0, 0.1) is 10.1 Å². The van der Waals surface area contributed by atoms with Crippen molar-refractivity contribution >= 4 is 15.8 Å². The maximum absolute atomic E-state index is 11.8. The highest BCUT2D eigenvalue weighted by Crippen LogP contribution is 2.37. The fourth-order valence-electron chi connectivity index (χ4n) is 1.50. The van der Waals surface area contributed by atoms with Crippen LogP contribution in [0.15, 0.2) is 17.0 Å². The van der Waals surface area contributed by atoms with Gasteiger partial charge in [-0.2, -0.15) is 8.42 Å². The molecule has 9 heteroatoms. The number of nitrogens with zero attached hydrogens (tertiary/aromatic N) is 1. The molecule has 0 aliphatic heterocycles. The fraction of sp³-hybridized carbons (Fsp3) is 0.455. The highest BCUT2D eigenvalue weighted by atomic mass is 32.2. The lowest BCUT2D eigenvalue weighted by Gasteiger charge is -2.12. The van der Waals surface area contributed by atoms with E-state index in [2.05, 4.69) is 4.18 Å². The summed E-state index contributed by atoms with van der Waals surface area (Å²) < 4.78 is 38.2. The summed E-state index contributed by atoms with van der Waals surface area (Å²) in [6.07, 6.45) is 0. The average Bonchev–Trinajstić information content (AvgIpc) is 2.40. The number of rotatable bonds is 7. The van der Waals surface area contributed by atoms with Gasteiger partial charge in [0.2, 0.25) is 0 Å². The van der Waals surface area contributed by atoms with E-state index in [0.717, 1.165) is 19.2 Å². The Labute approximate surface area is 116 Å². The first-order chi connectivity index (χ1) is 9.37. The minimum Gasteiger partial charge on any atom is -0.492 e. The van der Waals surface area contributed by atoms with E-state index in [1.807, 2.05) is 0 Å². The van der Waals surface area contributed by atoms with Gasteiger partial charge >= 0.3 is 15.8 Å². The Balaban J connectivity index is 3.57. The van der Waals surface area contributed by atoms with Crippen LogP contribution in [0.5, 0.6) is 11.5 Å². The molecule has 8 nitrogen and oxygen atoms in total. The molecule has 0 radical (unpaired) electrons. The summed E-state index contributed by atoms with van der Waals surface area (Å²) in [5.74, 6) is -0.305. The van der Waals surface area contributed by atoms with Crippen molar-refractivity contribution in [2.75, 3.05) is 20.3 Å². The van der Waals surface area contributed by atoms with Gasteiger partial charge in [0.1, 0.15) is 10.6 Å². The Morgan fingerprint density at radius 2 is 1.70 bits per heavy atom. The van der Waals surface area contributed by atoms with Gasteiger partial charge in [0, 0.05) is 6.07 Å². The summed E-state index contributed by atoms with van der Waals surface area (Å²) in [5.41, 5.74) is -0.370. The van der Waals surface area contributed by atoms with E-state index >= 15 is 0 Å². The normalized spacial score (nSPS) is 11.2. The molecule has 0 fully saturated rings. The molecular weight excluding hydrogens is 290 g/mol. The molecule has 0 aliphatic carbocycles. The van der Waals surface area contributed by atoms with Crippen LogP contribution in [0.4, 0.5) is 5.69 Å². The second-order valence-electron chi connectivity index (χ2n) is 3.51. The second-order valence-corrected chi connectivity index (χ2v) is 5.19. The van der Waals surface area contributed by atoms with Crippen molar-refractivity contribution in [1.82, 2.24) is 0 Å². The van der Waals surface area contributed by atoms with Crippen molar-refractivity contribution in [1.29, 1.82) is 0 Å². The SMILES string of the molecule is CCOc1cc(S(=O)(=O)OC)c(OCC)cc1[N+](=O)[O-]. The molecule has 0 saturated heterocycles. The summed E-state index contributed by atoms with van der Waals surface area (Å²) in [6.45, 7) is 3.56. The van der Waals surface area contributed by atoms with E-state index in [1.54, 1.807) is 13.8 Å². The topological polar surface area (TPSA) is 105 Å². The van der Waals surface area contributed by atoms with E-state index in [1.165, 1.54) is 0 Å². The number of hydrogen-bond acceptors (Lipinski definition) is 7. The Morgan fingerprint density at radius 3 is 2.15 bits per heavy atom. The molecule has 0 bridgehead atoms. The Kier molecular flexibility index (Phi) is 5.28. The van der Waals surface area contributed by atoms with E-state index < -0.39 is 15.0 Å². The van der Waals surface area contributed by atoms with Gasteiger partial charge in [0.25, 0.3) is 0 Å². The van der Waals surface area contributed by atoms with Gasteiger partial charge in [-0.15, -0.1) is 0 Å². The average molecular weight is 305 g/mol. The lowest BCUT2D eigenvalue weighted by atomic mass is 10.2. The number of ether oxygens (including phenoxy) is 2. The van der Waals surface area contributed by atoms with Gasteiger partial charge in [-0.1, -0.05) is 0 Å². The van der Waals surface area contributed by atoms with Gasteiger partial charge in [0.15, 0.2) is 5.75 Å². The highest BCUT2D eigenvalue weighted by molar-refractivity contribution is 7.86. The van der Waals surface area contributed by atoms with Gasteiger partial charge in [-0.25, -0.2) is 0 Å². The summed E-state index contributed by atoms with van der Waals surface area (Å²) in [7, 11) is -3.07. The zero-order valence-corrected chi connectivity index (χ0v) is 12.1. The smallest absolute Gasteiger partial charge is 0.314 e. The third kappa shape index (κ3) is 3.36. The summed E-state index contributed by atoms with van der Waals surface area (Å²) in [6, 6.07) is 2.05. The van der Waals surface area contributed by atoms with E-state index in [0.29, 0.717) is 0 Å². The molecule has 0 atom stereocenters. The second kappa shape index (κ2) is 6.53. The predicted molar refractivity (Wildman–Crippen MR) is 69.6 cm³/mol. The molecule has 112 valence electrons. The summed E-state index contributed by atoms with van der Waals surface area (Å²) in [5, 5.41) is 11.0. The van der Waals surface area contributed by atoms with Gasteiger partial charge < -0.3 is 9.47 Å². The number of nitro benzene ring substituents is 1. The van der Waals surface area contributed by atoms with Crippen molar-refractivity contribution in [2.24, 2.45) is 0 Å². The third-order valence-corrected chi connectivity index (χ3v) is 3.61. The molecule has 1 aromatic rings. The monoisotopic (exact) mass is 305 g/mol. The van der Waals surface area contributed by atoms with E-state index in [-0.39, 0.29) is 35.3 Å². The molecule has 0 amide bonds. The number of nitro groups is 1. The quantitative estimate of drug-likeness (QED) is 0.429. The number of hydrogen-bond donors (Lipinski definition) is 0. The molecule has 0 unspecified atom stereocenters. The molecule has 0 aromatic heterocycles. The van der Waals surface area contributed by atoms with Crippen LogP contribution >= 0.6 is 0 Å². The van der Waals surface area contributed by atoms with Crippen LogP contribution in [0.3, 0.4) is 0 Å².